The molecule has 0 amide bonds. The van der Waals surface area contributed by atoms with E-state index in [0.717, 1.165) is 36.3 Å². The molecule has 22 heavy (non-hydrogen) atoms. The summed E-state index contributed by atoms with van der Waals surface area (Å²) in [4.78, 5) is 13.2. The molecule has 4 nitrogen and oxygen atoms in total. The zero-order chi connectivity index (χ0) is 15.5. The van der Waals surface area contributed by atoms with Gasteiger partial charge in [0, 0.05) is 18.8 Å². The van der Waals surface area contributed by atoms with Crippen LogP contribution in [0.5, 0.6) is 0 Å². The molecule has 1 heterocycles. The van der Waals surface area contributed by atoms with Crippen molar-refractivity contribution in [2.45, 2.75) is 26.0 Å². The maximum absolute atomic E-state index is 10.9. The Labute approximate surface area is 129 Å². The van der Waals surface area contributed by atoms with Gasteiger partial charge in [-0.05, 0) is 34.7 Å². The molecule has 3 rings (SSSR count). The van der Waals surface area contributed by atoms with E-state index in [2.05, 4.69) is 4.90 Å². The lowest BCUT2D eigenvalue weighted by molar-refractivity contribution is -0.136. The average molecular weight is 297 g/mol. The summed E-state index contributed by atoms with van der Waals surface area (Å²) < 4.78 is 0. The van der Waals surface area contributed by atoms with Crippen molar-refractivity contribution in [1.82, 2.24) is 0 Å². The molecule has 2 aromatic carbocycles. The third kappa shape index (κ3) is 3.12. The highest BCUT2D eigenvalue weighted by Crippen LogP contribution is 2.30. The molecule has 0 aromatic heterocycles. The molecule has 1 aliphatic rings. The molecular weight excluding hydrogens is 278 g/mol. The number of carboxylic acid groups (broad SMARTS) is 1. The summed E-state index contributed by atoms with van der Waals surface area (Å²) in [6, 6.07) is 13.9. The zero-order valence-corrected chi connectivity index (χ0v) is 12.3. The molecule has 0 atom stereocenters. The number of nitrogens with zero attached hydrogens (tertiary/aromatic N) is 1. The first kappa shape index (κ1) is 14.6. The third-order valence-corrected chi connectivity index (χ3v) is 4.08. The van der Waals surface area contributed by atoms with Crippen LogP contribution in [-0.2, 0) is 30.8 Å². The lowest BCUT2D eigenvalue weighted by Crippen LogP contribution is -2.19. The number of aliphatic hydroxyl groups excluding tert-OH is 1. The SMILES string of the molecule is O=C(O)Cc1ccc2c(c1)N(Cc1ccc(CO)cc1)CC2. The number of carboxylic acids is 1. The minimum absolute atomic E-state index is 0.0609. The second-order valence-corrected chi connectivity index (χ2v) is 5.68. The van der Waals surface area contributed by atoms with Gasteiger partial charge in [0.25, 0.3) is 0 Å². The van der Waals surface area contributed by atoms with Crippen molar-refractivity contribution in [1.29, 1.82) is 0 Å². The van der Waals surface area contributed by atoms with Crippen molar-refractivity contribution in [3.63, 3.8) is 0 Å². The summed E-state index contributed by atoms with van der Waals surface area (Å²) in [5.41, 5.74) is 5.36. The van der Waals surface area contributed by atoms with Crippen molar-refractivity contribution in [2.24, 2.45) is 0 Å². The van der Waals surface area contributed by atoms with Gasteiger partial charge >= 0.3 is 5.97 Å². The molecule has 0 saturated heterocycles. The van der Waals surface area contributed by atoms with Crippen LogP contribution in [0.4, 0.5) is 5.69 Å². The van der Waals surface area contributed by atoms with E-state index in [0.29, 0.717) is 0 Å². The van der Waals surface area contributed by atoms with Crippen LogP contribution in [0.3, 0.4) is 0 Å². The van der Waals surface area contributed by atoms with E-state index >= 15 is 0 Å². The molecule has 2 aromatic rings. The topological polar surface area (TPSA) is 60.8 Å². The largest absolute Gasteiger partial charge is 0.481 e. The number of hydrogen-bond acceptors (Lipinski definition) is 3. The lowest BCUT2D eigenvalue weighted by Gasteiger charge is -2.20. The molecule has 0 unspecified atom stereocenters. The maximum atomic E-state index is 10.9. The van der Waals surface area contributed by atoms with Gasteiger partial charge in [-0.1, -0.05) is 36.4 Å². The highest BCUT2D eigenvalue weighted by Gasteiger charge is 2.19. The van der Waals surface area contributed by atoms with Crippen LogP contribution < -0.4 is 4.90 Å². The van der Waals surface area contributed by atoms with Crippen molar-refractivity contribution in [3.05, 3.63) is 64.7 Å². The van der Waals surface area contributed by atoms with Gasteiger partial charge in [0.15, 0.2) is 0 Å². The van der Waals surface area contributed by atoms with Gasteiger partial charge in [0.1, 0.15) is 0 Å². The van der Waals surface area contributed by atoms with E-state index in [1.165, 1.54) is 11.1 Å². The number of aliphatic hydroxyl groups is 1. The average Bonchev–Trinajstić information content (AvgIpc) is 2.90. The van der Waals surface area contributed by atoms with Crippen molar-refractivity contribution in [2.75, 3.05) is 11.4 Å². The summed E-state index contributed by atoms with van der Waals surface area (Å²) in [6.45, 7) is 1.81. The van der Waals surface area contributed by atoms with E-state index < -0.39 is 5.97 Å². The molecule has 0 radical (unpaired) electrons. The minimum Gasteiger partial charge on any atom is -0.481 e. The van der Waals surface area contributed by atoms with Crippen molar-refractivity contribution < 1.29 is 15.0 Å². The normalized spacial score (nSPS) is 13.2. The quantitative estimate of drug-likeness (QED) is 0.889. The number of hydrogen-bond donors (Lipinski definition) is 2. The zero-order valence-electron chi connectivity index (χ0n) is 12.3. The Kier molecular flexibility index (Phi) is 4.11. The number of rotatable bonds is 5. The van der Waals surface area contributed by atoms with Gasteiger partial charge in [0.05, 0.1) is 13.0 Å². The Morgan fingerprint density at radius 1 is 1.05 bits per heavy atom. The van der Waals surface area contributed by atoms with Crippen LogP contribution in [0.25, 0.3) is 0 Å². The van der Waals surface area contributed by atoms with Gasteiger partial charge < -0.3 is 15.1 Å². The van der Waals surface area contributed by atoms with Gasteiger partial charge in [-0.25, -0.2) is 0 Å². The monoisotopic (exact) mass is 297 g/mol. The highest BCUT2D eigenvalue weighted by molar-refractivity contribution is 5.71. The van der Waals surface area contributed by atoms with E-state index in [-0.39, 0.29) is 13.0 Å². The number of anilines is 1. The molecule has 0 fully saturated rings. The molecule has 4 heteroatoms. The van der Waals surface area contributed by atoms with Gasteiger partial charge in [-0.2, -0.15) is 0 Å². The van der Waals surface area contributed by atoms with Crippen LogP contribution in [0.2, 0.25) is 0 Å². The summed E-state index contributed by atoms with van der Waals surface area (Å²) in [5, 5.41) is 18.0. The third-order valence-electron chi connectivity index (χ3n) is 4.08. The summed E-state index contributed by atoms with van der Waals surface area (Å²) >= 11 is 0. The summed E-state index contributed by atoms with van der Waals surface area (Å²) in [5.74, 6) is -0.802. The fraction of sp³-hybridized carbons (Fsp3) is 0.278. The number of benzene rings is 2. The highest BCUT2D eigenvalue weighted by atomic mass is 16.4. The minimum atomic E-state index is -0.802. The summed E-state index contributed by atoms with van der Waals surface area (Å²) in [6.07, 6.45) is 1.06. The number of aliphatic carboxylic acids is 1. The molecule has 114 valence electrons. The van der Waals surface area contributed by atoms with E-state index in [1.54, 1.807) is 0 Å². The molecule has 2 N–H and O–H groups in total. The van der Waals surface area contributed by atoms with Gasteiger partial charge in [0.2, 0.25) is 0 Å². The fourth-order valence-electron chi connectivity index (χ4n) is 2.91. The Balaban J connectivity index is 1.78. The van der Waals surface area contributed by atoms with E-state index in [1.807, 2.05) is 42.5 Å². The van der Waals surface area contributed by atoms with Gasteiger partial charge in [-0.3, -0.25) is 4.79 Å². The Morgan fingerprint density at radius 2 is 1.73 bits per heavy atom. The smallest absolute Gasteiger partial charge is 0.307 e. The Hall–Kier alpha value is -2.33. The fourth-order valence-corrected chi connectivity index (χ4v) is 2.91. The molecule has 0 bridgehead atoms. The molecule has 0 spiro atoms. The maximum Gasteiger partial charge on any atom is 0.307 e. The van der Waals surface area contributed by atoms with E-state index in [9.17, 15) is 4.79 Å². The predicted octanol–water partition coefficient (Wildman–Crippen LogP) is 2.37. The second kappa shape index (κ2) is 6.20. The molecule has 0 aliphatic carbocycles. The Morgan fingerprint density at radius 3 is 2.41 bits per heavy atom. The van der Waals surface area contributed by atoms with Crippen LogP contribution in [0.15, 0.2) is 42.5 Å². The molecule has 1 aliphatic heterocycles. The molecular formula is C18H19NO3. The standard InChI is InChI=1S/C18H19NO3/c20-12-14-3-1-13(2-4-14)11-19-8-7-16-6-5-15(9-17(16)19)10-18(21)22/h1-6,9,20H,7-8,10-12H2,(H,21,22). The summed E-state index contributed by atoms with van der Waals surface area (Å²) in [7, 11) is 0. The Bertz CT molecular complexity index is 679. The van der Waals surface area contributed by atoms with Crippen molar-refractivity contribution in [3.8, 4) is 0 Å². The van der Waals surface area contributed by atoms with Crippen LogP contribution in [0.1, 0.15) is 22.3 Å². The first-order valence-corrected chi connectivity index (χ1v) is 7.43. The van der Waals surface area contributed by atoms with Crippen molar-refractivity contribution >= 4 is 11.7 Å². The number of carbonyl (C=O) groups is 1. The second-order valence-electron chi connectivity index (χ2n) is 5.68. The number of fused-ring (bicyclic) bond motifs is 1. The molecule has 0 saturated carbocycles. The van der Waals surface area contributed by atoms with Crippen LogP contribution >= 0.6 is 0 Å². The predicted molar refractivity (Wildman–Crippen MR) is 84.9 cm³/mol. The van der Waals surface area contributed by atoms with Crippen LogP contribution in [0, 0.1) is 0 Å². The first-order valence-electron chi connectivity index (χ1n) is 7.43. The van der Waals surface area contributed by atoms with Crippen LogP contribution in [-0.4, -0.2) is 22.7 Å². The lowest BCUT2D eigenvalue weighted by atomic mass is 10.1. The van der Waals surface area contributed by atoms with Gasteiger partial charge in [-0.15, -0.1) is 0 Å². The van der Waals surface area contributed by atoms with E-state index in [4.69, 9.17) is 10.2 Å². The first-order chi connectivity index (χ1) is 10.7.